The van der Waals surface area contributed by atoms with Crippen molar-refractivity contribution in [3.05, 3.63) is 0 Å². The molecule has 2 bridgehead atoms. The molecule has 80 valence electrons. The maximum Gasteiger partial charge on any atom is 0.238 e. The number of carbonyl (C=O) groups is 1. The van der Waals surface area contributed by atoms with Crippen LogP contribution in [0.3, 0.4) is 0 Å². The number of fused-ring (bicyclic) bond motifs is 3. The van der Waals surface area contributed by atoms with Gasteiger partial charge in [-0.3, -0.25) is 4.79 Å². The molecule has 2 saturated heterocycles. The Balaban J connectivity index is 2.09. The Kier molecular flexibility index (Phi) is 2.54. The molecule has 2 aliphatic heterocycles. The molecule has 3 aliphatic rings. The van der Waals surface area contributed by atoms with Gasteiger partial charge in [-0.2, -0.15) is 12.6 Å². The maximum atomic E-state index is 12.1. The molecule has 0 aromatic heterocycles. The Morgan fingerprint density at radius 1 is 1.29 bits per heavy atom. The third kappa shape index (κ3) is 1.79. The van der Waals surface area contributed by atoms with Crippen LogP contribution < -0.4 is 0 Å². The number of hydrogen-bond acceptors (Lipinski definition) is 2. The molecule has 3 fully saturated rings. The standard InChI is InChI=1S/C11H19NOS/c1-11(2,14)10(13)12-7-8-3-5-9(12)6-4-8/h8-9,14H,3-7H2,1-2H3. The summed E-state index contributed by atoms with van der Waals surface area (Å²) in [4.78, 5) is 14.1. The van der Waals surface area contributed by atoms with Gasteiger partial charge in [-0.1, -0.05) is 0 Å². The van der Waals surface area contributed by atoms with E-state index in [-0.39, 0.29) is 5.91 Å². The Labute approximate surface area is 91.5 Å². The second-order valence-electron chi connectivity index (χ2n) is 5.19. The van der Waals surface area contributed by atoms with E-state index in [2.05, 4.69) is 17.5 Å². The third-order valence-electron chi connectivity index (χ3n) is 3.50. The zero-order valence-corrected chi connectivity index (χ0v) is 9.89. The molecule has 1 aliphatic carbocycles. The van der Waals surface area contributed by atoms with E-state index < -0.39 is 4.75 Å². The van der Waals surface area contributed by atoms with Gasteiger partial charge in [0.15, 0.2) is 0 Å². The molecule has 0 radical (unpaired) electrons. The first-order valence-corrected chi connectivity index (χ1v) is 5.96. The monoisotopic (exact) mass is 213 g/mol. The smallest absolute Gasteiger partial charge is 0.238 e. The lowest BCUT2D eigenvalue weighted by Gasteiger charge is -2.47. The molecule has 0 aromatic carbocycles. The Morgan fingerprint density at radius 3 is 2.21 bits per heavy atom. The fraction of sp³-hybridized carbons (Fsp3) is 0.909. The van der Waals surface area contributed by atoms with Gasteiger partial charge in [0.05, 0.1) is 4.75 Å². The minimum atomic E-state index is -0.502. The summed E-state index contributed by atoms with van der Waals surface area (Å²) >= 11 is 4.36. The zero-order valence-electron chi connectivity index (χ0n) is 8.99. The van der Waals surface area contributed by atoms with Gasteiger partial charge in [-0.25, -0.2) is 0 Å². The predicted molar refractivity (Wildman–Crippen MR) is 60.5 cm³/mol. The number of hydrogen-bond donors (Lipinski definition) is 1. The molecule has 3 rings (SSSR count). The number of carbonyl (C=O) groups excluding carboxylic acids is 1. The van der Waals surface area contributed by atoms with Crippen LogP contribution in [0.5, 0.6) is 0 Å². The molecular weight excluding hydrogens is 194 g/mol. The molecule has 0 spiro atoms. The van der Waals surface area contributed by atoms with Crippen molar-refractivity contribution >= 4 is 18.5 Å². The van der Waals surface area contributed by atoms with Crippen molar-refractivity contribution in [1.82, 2.24) is 4.90 Å². The van der Waals surface area contributed by atoms with Crippen molar-refractivity contribution < 1.29 is 4.79 Å². The lowest BCUT2D eigenvalue weighted by Crippen LogP contribution is -2.55. The Hall–Kier alpha value is -0.180. The van der Waals surface area contributed by atoms with E-state index in [0.717, 1.165) is 12.5 Å². The van der Waals surface area contributed by atoms with E-state index in [1.165, 1.54) is 25.7 Å². The topological polar surface area (TPSA) is 20.3 Å². The van der Waals surface area contributed by atoms with Crippen molar-refractivity contribution in [2.24, 2.45) is 5.92 Å². The fourth-order valence-corrected chi connectivity index (χ4v) is 2.79. The van der Waals surface area contributed by atoms with Crippen molar-refractivity contribution in [3.8, 4) is 0 Å². The highest BCUT2D eigenvalue weighted by Crippen LogP contribution is 2.36. The molecule has 0 N–H and O–H groups in total. The van der Waals surface area contributed by atoms with E-state index in [9.17, 15) is 4.79 Å². The molecule has 3 heteroatoms. The number of rotatable bonds is 1. The van der Waals surface area contributed by atoms with Gasteiger partial charge >= 0.3 is 0 Å². The van der Waals surface area contributed by atoms with E-state index in [0.29, 0.717) is 6.04 Å². The van der Waals surface area contributed by atoms with Crippen LogP contribution in [0.25, 0.3) is 0 Å². The average Bonchev–Trinajstić information content (AvgIpc) is 2.17. The summed E-state index contributed by atoms with van der Waals surface area (Å²) in [5, 5.41) is 0. The van der Waals surface area contributed by atoms with Crippen molar-refractivity contribution in [1.29, 1.82) is 0 Å². The molecular formula is C11H19NOS. The Bertz CT molecular complexity index is 238. The van der Waals surface area contributed by atoms with Gasteiger partial charge in [0.2, 0.25) is 5.91 Å². The minimum Gasteiger partial charge on any atom is -0.338 e. The number of nitrogens with zero attached hydrogens (tertiary/aromatic N) is 1. The van der Waals surface area contributed by atoms with Gasteiger partial charge in [-0.05, 0) is 45.4 Å². The molecule has 14 heavy (non-hydrogen) atoms. The molecule has 2 nitrogen and oxygen atoms in total. The molecule has 0 unspecified atom stereocenters. The van der Waals surface area contributed by atoms with Gasteiger partial charge < -0.3 is 4.90 Å². The van der Waals surface area contributed by atoms with E-state index >= 15 is 0 Å². The summed E-state index contributed by atoms with van der Waals surface area (Å²) < 4.78 is -0.502. The summed E-state index contributed by atoms with van der Waals surface area (Å²) in [6.07, 6.45) is 5.06. The van der Waals surface area contributed by atoms with Gasteiger partial charge in [-0.15, -0.1) is 0 Å². The van der Waals surface area contributed by atoms with Crippen molar-refractivity contribution in [2.45, 2.75) is 50.3 Å². The number of thiol groups is 1. The summed E-state index contributed by atoms with van der Waals surface area (Å²) in [6, 6.07) is 0.513. The van der Waals surface area contributed by atoms with Gasteiger partial charge in [0.25, 0.3) is 0 Å². The lowest BCUT2D eigenvalue weighted by atomic mass is 9.79. The summed E-state index contributed by atoms with van der Waals surface area (Å²) in [5.41, 5.74) is 0. The molecule has 2 heterocycles. The highest BCUT2D eigenvalue weighted by atomic mass is 32.1. The quantitative estimate of drug-likeness (QED) is 0.661. The van der Waals surface area contributed by atoms with Crippen LogP contribution in [0.1, 0.15) is 39.5 Å². The van der Waals surface area contributed by atoms with E-state index in [1.54, 1.807) is 0 Å². The Morgan fingerprint density at radius 2 is 1.86 bits per heavy atom. The van der Waals surface area contributed by atoms with Crippen LogP contribution in [0, 0.1) is 5.92 Å². The van der Waals surface area contributed by atoms with E-state index in [1.807, 2.05) is 13.8 Å². The molecule has 1 amide bonds. The highest BCUT2D eigenvalue weighted by molar-refractivity contribution is 7.82. The van der Waals surface area contributed by atoms with Crippen LogP contribution in [-0.4, -0.2) is 28.1 Å². The SMILES string of the molecule is CC(C)(S)C(=O)N1CC2CCC1CC2. The minimum absolute atomic E-state index is 0.218. The first kappa shape index (κ1) is 10.3. The van der Waals surface area contributed by atoms with Crippen molar-refractivity contribution in [3.63, 3.8) is 0 Å². The summed E-state index contributed by atoms with van der Waals surface area (Å²) in [6.45, 7) is 4.76. The second-order valence-corrected chi connectivity index (χ2v) is 6.31. The summed E-state index contributed by atoms with van der Waals surface area (Å²) in [7, 11) is 0. The zero-order chi connectivity index (χ0) is 10.3. The van der Waals surface area contributed by atoms with Gasteiger partial charge in [0, 0.05) is 12.6 Å². The fourth-order valence-electron chi connectivity index (χ4n) is 2.67. The summed E-state index contributed by atoms with van der Waals surface area (Å²) in [5.74, 6) is 0.981. The van der Waals surface area contributed by atoms with Gasteiger partial charge in [0.1, 0.15) is 0 Å². The average molecular weight is 213 g/mol. The normalized spacial score (nSPS) is 32.1. The van der Waals surface area contributed by atoms with Crippen LogP contribution >= 0.6 is 12.6 Å². The predicted octanol–water partition coefficient (Wildman–Crippen LogP) is 2.10. The third-order valence-corrected chi connectivity index (χ3v) is 3.69. The molecule has 0 aromatic rings. The molecule has 1 saturated carbocycles. The van der Waals surface area contributed by atoms with Crippen LogP contribution in [0.15, 0.2) is 0 Å². The van der Waals surface area contributed by atoms with Crippen LogP contribution in [0.2, 0.25) is 0 Å². The maximum absolute atomic E-state index is 12.1. The lowest BCUT2D eigenvalue weighted by molar-refractivity contribution is -0.140. The second kappa shape index (κ2) is 3.44. The highest BCUT2D eigenvalue weighted by Gasteiger charge is 2.40. The first-order valence-electron chi connectivity index (χ1n) is 5.52. The largest absolute Gasteiger partial charge is 0.338 e. The molecule has 0 atom stereocenters. The van der Waals surface area contributed by atoms with E-state index in [4.69, 9.17) is 0 Å². The first-order chi connectivity index (χ1) is 6.48. The number of piperidine rings is 2. The van der Waals surface area contributed by atoms with Crippen molar-refractivity contribution in [2.75, 3.05) is 6.54 Å². The van der Waals surface area contributed by atoms with Crippen LogP contribution in [-0.2, 0) is 4.79 Å². The number of amides is 1. The van der Waals surface area contributed by atoms with Crippen LogP contribution in [0.4, 0.5) is 0 Å².